The Morgan fingerprint density at radius 3 is 2.41 bits per heavy atom. The van der Waals surface area contributed by atoms with Gasteiger partial charge in [0, 0.05) is 34.6 Å². The molecule has 2 aromatic rings. The second kappa shape index (κ2) is 7.66. The Balaban J connectivity index is 1.59. The molecule has 1 saturated carbocycles. The van der Waals surface area contributed by atoms with E-state index in [1.165, 1.54) is 39.9 Å². The lowest BCUT2D eigenvalue weighted by Gasteiger charge is -2.42. The van der Waals surface area contributed by atoms with Crippen molar-refractivity contribution < 1.29 is 13.2 Å². The molecule has 1 aromatic carbocycles. The first-order valence-corrected chi connectivity index (χ1v) is 12.9. The number of fused-ring (bicyclic) bond motifs is 1. The molecule has 7 nitrogen and oxygen atoms in total. The average molecular weight is 473 g/mol. The molecule has 1 aromatic heterocycles. The summed E-state index contributed by atoms with van der Waals surface area (Å²) in [6.07, 6.45) is 2.46. The first-order chi connectivity index (χ1) is 14.9. The monoisotopic (exact) mass is 472 g/mol. The number of rotatable bonds is 5. The van der Waals surface area contributed by atoms with Gasteiger partial charge in [-0.2, -0.15) is 9.57 Å². The minimum Gasteiger partial charge on any atom is -0.312 e. The fourth-order valence-corrected chi connectivity index (χ4v) is 7.13. The van der Waals surface area contributed by atoms with E-state index >= 15 is 0 Å². The standard InChI is InChI=1S/C23H28N4O3S2/c1-22(2)12-17-18(13-24)21(31-19(17)23(3,4)26-22)25-20(28)14-6-10-16(11-7-14)32(29,30)27(5)15-8-9-15/h6-7,10-11,15,26H,8-9,12H2,1-5H3,(H,25,28). The van der Waals surface area contributed by atoms with E-state index in [9.17, 15) is 18.5 Å². The van der Waals surface area contributed by atoms with Crippen LogP contribution in [0.5, 0.6) is 0 Å². The third kappa shape index (κ3) is 4.08. The molecule has 1 aliphatic heterocycles. The van der Waals surface area contributed by atoms with Gasteiger partial charge in [0.2, 0.25) is 10.0 Å². The molecule has 4 rings (SSSR count). The first kappa shape index (κ1) is 22.9. The number of anilines is 1. The number of carbonyl (C=O) groups is 1. The van der Waals surface area contributed by atoms with Gasteiger partial charge in [-0.15, -0.1) is 11.3 Å². The molecule has 1 amide bonds. The van der Waals surface area contributed by atoms with Crippen LogP contribution in [0.3, 0.4) is 0 Å². The zero-order valence-electron chi connectivity index (χ0n) is 18.9. The molecule has 2 N–H and O–H groups in total. The van der Waals surface area contributed by atoms with Crippen LogP contribution in [0.2, 0.25) is 0 Å². The SMILES string of the molecule is CN(C1CC1)S(=O)(=O)c1ccc(C(=O)Nc2sc3c(c2C#N)CC(C)(C)NC3(C)C)cc1. The van der Waals surface area contributed by atoms with Crippen LogP contribution in [0, 0.1) is 11.3 Å². The van der Waals surface area contributed by atoms with Crippen LogP contribution in [-0.2, 0) is 22.0 Å². The van der Waals surface area contributed by atoms with E-state index in [-0.39, 0.29) is 27.9 Å². The number of nitrogens with one attached hydrogen (secondary N) is 2. The summed E-state index contributed by atoms with van der Waals surface area (Å²) in [6.45, 7) is 8.36. The van der Waals surface area contributed by atoms with E-state index in [4.69, 9.17) is 0 Å². The van der Waals surface area contributed by atoms with Crippen molar-refractivity contribution in [1.82, 2.24) is 9.62 Å². The molecule has 2 heterocycles. The number of nitrogens with zero attached hydrogens (tertiary/aromatic N) is 2. The number of carbonyl (C=O) groups excluding carboxylic acids is 1. The highest BCUT2D eigenvalue weighted by Crippen LogP contribution is 2.44. The lowest BCUT2D eigenvalue weighted by Crippen LogP contribution is -2.54. The Morgan fingerprint density at radius 1 is 1.22 bits per heavy atom. The van der Waals surface area contributed by atoms with Crippen LogP contribution in [0.4, 0.5) is 5.00 Å². The molecule has 32 heavy (non-hydrogen) atoms. The Hall–Kier alpha value is -2.25. The van der Waals surface area contributed by atoms with E-state index in [2.05, 4.69) is 44.4 Å². The van der Waals surface area contributed by atoms with E-state index < -0.39 is 10.0 Å². The van der Waals surface area contributed by atoms with Gasteiger partial charge in [0.25, 0.3) is 5.91 Å². The summed E-state index contributed by atoms with van der Waals surface area (Å²) in [5, 5.41) is 16.8. The summed E-state index contributed by atoms with van der Waals surface area (Å²) in [5.74, 6) is -0.371. The molecule has 0 saturated heterocycles. The summed E-state index contributed by atoms with van der Waals surface area (Å²) >= 11 is 1.42. The normalized spacial score (nSPS) is 19.3. The van der Waals surface area contributed by atoms with Gasteiger partial charge in [-0.25, -0.2) is 8.42 Å². The van der Waals surface area contributed by atoms with E-state index in [1.807, 2.05) is 0 Å². The molecule has 2 aliphatic rings. The zero-order chi connectivity index (χ0) is 23.5. The maximum Gasteiger partial charge on any atom is 0.256 e. The molecule has 9 heteroatoms. The smallest absolute Gasteiger partial charge is 0.256 e. The van der Waals surface area contributed by atoms with Gasteiger partial charge in [-0.3, -0.25) is 4.79 Å². The summed E-state index contributed by atoms with van der Waals surface area (Å²) < 4.78 is 26.8. The highest BCUT2D eigenvalue weighted by Gasteiger charge is 2.40. The van der Waals surface area contributed by atoms with Crippen molar-refractivity contribution in [3.63, 3.8) is 0 Å². The number of sulfonamides is 1. The van der Waals surface area contributed by atoms with Crippen molar-refractivity contribution in [2.75, 3.05) is 12.4 Å². The van der Waals surface area contributed by atoms with Gasteiger partial charge in [0.1, 0.15) is 11.1 Å². The highest BCUT2D eigenvalue weighted by atomic mass is 32.2. The predicted octanol–water partition coefficient (Wildman–Crippen LogP) is 3.81. The van der Waals surface area contributed by atoms with Crippen molar-refractivity contribution in [3.05, 3.63) is 45.8 Å². The molecule has 0 bridgehead atoms. The van der Waals surface area contributed by atoms with Crippen LogP contribution in [0.1, 0.15) is 66.9 Å². The number of hydrogen-bond acceptors (Lipinski definition) is 6. The van der Waals surface area contributed by atoms with Gasteiger partial charge in [0.15, 0.2) is 0 Å². The molecular formula is C23H28N4O3S2. The molecule has 1 fully saturated rings. The molecule has 1 aliphatic carbocycles. The minimum absolute atomic E-state index is 0.0703. The van der Waals surface area contributed by atoms with Gasteiger partial charge < -0.3 is 10.6 Å². The van der Waals surface area contributed by atoms with Crippen molar-refractivity contribution in [1.29, 1.82) is 5.26 Å². The third-order valence-corrected chi connectivity index (χ3v) is 9.43. The molecule has 0 radical (unpaired) electrons. The van der Waals surface area contributed by atoms with E-state index in [0.717, 1.165) is 23.3 Å². The van der Waals surface area contributed by atoms with Crippen LogP contribution >= 0.6 is 11.3 Å². The average Bonchev–Trinajstić information content (AvgIpc) is 3.49. The van der Waals surface area contributed by atoms with Gasteiger partial charge in [0.05, 0.1) is 10.5 Å². The van der Waals surface area contributed by atoms with E-state index in [0.29, 0.717) is 22.5 Å². The maximum atomic E-state index is 12.9. The Bertz CT molecular complexity index is 1220. The second-order valence-corrected chi connectivity index (χ2v) is 12.8. The molecule has 0 atom stereocenters. The quantitative estimate of drug-likeness (QED) is 0.689. The van der Waals surface area contributed by atoms with Gasteiger partial charge >= 0.3 is 0 Å². The van der Waals surface area contributed by atoms with Crippen LogP contribution in [0.25, 0.3) is 0 Å². The number of thiophene rings is 1. The van der Waals surface area contributed by atoms with Crippen molar-refractivity contribution in [3.8, 4) is 6.07 Å². The van der Waals surface area contributed by atoms with Gasteiger partial charge in [-0.1, -0.05) is 0 Å². The van der Waals surface area contributed by atoms with Crippen LogP contribution in [-0.4, -0.2) is 37.3 Å². The van der Waals surface area contributed by atoms with Gasteiger partial charge in [-0.05, 0) is 76.8 Å². The largest absolute Gasteiger partial charge is 0.312 e. The highest BCUT2D eigenvalue weighted by molar-refractivity contribution is 7.89. The molecular weight excluding hydrogens is 444 g/mol. The fourth-order valence-electron chi connectivity index (χ4n) is 4.49. The third-order valence-electron chi connectivity index (χ3n) is 6.04. The zero-order valence-corrected chi connectivity index (χ0v) is 20.6. The summed E-state index contributed by atoms with van der Waals surface area (Å²) in [4.78, 5) is 14.1. The van der Waals surface area contributed by atoms with Crippen molar-refractivity contribution in [2.45, 2.75) is 69.0 Å². The van der Waals surface area contributed by atoms with Crippen LogP contribution in [0.15, 0.2) is 29.2 Å². The number of amides is 1. The molecule has 0 unspecified atom stereocenters. The Kier molecular flexibility index (Phi) is 5.49. The first-order valence-electron chi connectivity index (χ1n) is 10.6. The Labute approximate surface area is 193 Å². The second-order valence-electron chi connectivity index (χ2n) is 9.77. The lowest BCUT2D eigenvalue weighted by molar-refractivity contribution is 0.102. The van der Waals surface area contributed by atoms with Crippen molar-refractivity contribution in [2.24, 2.45) is 0 Å². The predicted molar refractivity (Wildman–Crippen MR) is 125 cm³/mol. The number of hydrogen-bond donors (Lipinski definition) is 2. The Morgan fingerprint density at radius 2 is 1.84 bits per heavy atom. The van der Waals surface area contributed by atoms with Crippen LogP contribution < -0.4 is 10.6 Å². The topological polar surface area (TPSA) is 102 Å². The fraction of sp³-hybridized carbons (Fsp3) is 0.478. The summed E-state index contributed by atoms with van der Waals surface area (Å²) in [7, 11) is -1.97. The molecule has 0 spiro atoms. The minimum atomic E-state index is -3.56. The summed E-state index contributed by atoms with van der Waals surface area (Å²) in [5.41, 5.74) is 1.34. The maximum absolute atomic E-state index is 12.9. The van der Waals surface area contributed by atoms with E-state index in [1.54, 1.807) is 7.05 Å². The van der Waals surface area contributed by atoms with Crippen molar-refractivity contribution >= 4 is 32.3 Å². The molecule has 170 valence electrons. The lowest BCUT2D eigenvalue weighted by atomic mass is 9.81. The number of benzene rings is 1. The number of nitriles is 1. The summed E-state index contributed by atoms with van der Waals surface area (Å²) in [6, 6.07) is 8.29.